The lowest BCUT2D eigenvalue weighted by atomic mass is 9.95. The van der Waals surface area contributed by atoms with Crippen LogP contribution in [0, 0.1) is 0 Å². The van der Waals surface area contributed by atoms with E-state index in [2.05, 4.69) is 77.2 Å². The lowest BCUT2D eigenvalue weighted by Crippen LogP contribution is -2.29. The van der Waals surface area contributed by atoms with Gasteiger partial charge in [-0.15, -0.1) is 0 Å². The van der Waals surface area contributed by atoms with Crippen molar-refractivity contribution in [1.82, 2.24) is 4.90 Å². The normalized spacial score (nSPS) is 20.1. The van der Waals surface area contributed by atoms with Gasteiger partial charge in [0.2, 0.25) is 0 Å². The molecule has 24 heavy (non-hydrogen) atoms. The van der Waals surface area contributed by atoms with E-state index in [1.807, 2.05) is 0 Å². The number of nitrogens with zero attached hydrogens (tertiary/aromatic N) is 1. The Kier molecular flexibility index (Phi) is 7.57. The molecule has 1 aliphatic rings. The Hall–Kier alpha value is -1.06. The molecule has 0 bridgehead atoms. The summed E-state index contributed by atoms with van der Waals surface area (Å²) >= 11 is 3.58. The van der Waals surface area contributed by atoms with Gasteiger partial charge in [-0.2, -0.15) is 0 Å². The summed E-state index contributed by atoms with van der Waals surface area (Å²) in [6.45, 7) is 6.45. The lowest BCUT2D eigenvalue weighted by molar-refractivity contribution is 0.0493. The highest BCUT2D eigenvalue weighted by molar-refractivity contribution is 9.10. The number of rotatable bonds is 9. The molecule has 2 nitrogen and oxygen atoms in total. The summed E-state index contributed by atoms with van der Waals surface area (Å²) in [5.74, 6) is 0. The minimum atomic E-state index is -0.160. The minimum Gasteiger partial charge on any atom is -0.374 e. The van der Waals surface area contributed by atoms with Crippen LogP contribution in [0.3, 0.4) is 0 Å². The maximum absolute atomic E-state index is 5.60. The summed E-state index contributed by atoms with van der Waals surface area (Å²) in [4.78, 5) is 2.50. The summed E-state index contributed by atoms with van der Waals surface area (Å²) in [6, 6.07) is 8.61. The van der Waals surface area contributed by atoms with Gasteiger partial charge in [0.15, 0.2) is 0 Å². The Bertz CT molecular complexity index is 581. The van der Waals surface area contributed by atoms with E-state index < -0.39 is 0 Å². The van der Waals surface area contributed by atoms with Crippen LogP contribution in [-0.2, 0) is 11.3 Å². The smallest absolute Gasteiger partial charge is 0.0869 e. The molecule has 0 saturated heterocycles. The summed E-state index contributed by atoms with van der Waals surface area (Å²) in [5, 5.41) is 0. The molecule has 0 spiro atoms. The minimum absolute atomic E-state index is 0.160. The maximum atomic E-state index is 5.60. The highest BCUT2D eigenvalue weighted by atomic mass is 79.9. The van der Waals surface area contributed by atoms with E-state index in [1.54, 1.807) is 7.11 Å². The van der Waals surface area contributed by atoms with Gasteiger partial charge in [-0.05, 0) is 37.1 Å². The zero-order valence-electron chi connectivity index (χ0n) is 15.2. The molecule has 0 N–H and O–H groups in total. The van der Waals surface area contributed by atoms with Gasteiger partial charge in [0.25, 0.3) is 0 Å². The molecule has 1 aromatic rings. The molecule has 1 atom stereocenters. The van der Waals surface area contributed by atoms with E-state index in [0.29, 0.717) is 0 Å². The molecular weight excluding hydrogens is 362 g/mol. The van der Waals surface area contributed by atoms with Crippen LogP contribution in [0.1, 0.15) is 51.5 Å². The second-order valence-corrected chi connectivity index (χ2v) is 7.71. The first-order chi connectivity index (χ1) is 11.6. The maximum Gasteiger partial charge on any atom is 0.0869 e. The van der Waals surface area contributed by atoms with Crippen LogP contribution in [0.25, 0.3) is 0 Å². The van der Waals surface area contributed by atoms with Crippen LogP contribution in [0.15, 0.2) is 52.7 Å². The third kappa shape index (κ3) is 5.78. The summed E-state index contributed by atoms with van der Waals surface area (Å²) in [7, 11) is 1.78. The predicted molar refractivity (Wildman–Crippen MR) is 106 cm³/mol. The van der Waals surface area contributed by atoms with Gasteiger partial charge in [0, 0.05) is 36.8 Å². The number of unbranched alkanes of at least 4 members (excludes halogenated alkanes) is 3. The van der Waals surface area contributed by atoms with Gasteiger partial charge >= 0.3 is 0 Å². The van der Waals surface area contributed by atoms with Crippen LogP contribution in [0.2, 0.25) is 0 Å². The van der Waals surface area contributed by atoms with Crippen LogP contribution in [0.5, 0.6) is 0 Å². The third-order valence-corrected chi connectivity index (χ3v) is 5.19. The molecule has 2 rings (SSSR count). The third-order valence-electron chi connectivity index (χ3n) is 4.70. The molecule has 132 valence electrons. The quantitative estimate of drug-likeness (QED) is 0.472. The Labute approximate surface area is 155 Å². The number of hydrogen-bond donors (Lipinski definition) is 0. The number of benzene rings is 1. The molecule has 0 aromatic heterocycles. The number of methoxy groups -OCH3 is 1. The molecule has 1 unspecified atom stereocenters. The van der Waals surface area contributed by atoms with Crippen LogP contribution in [-0.4, -0.2) is 24.2 Å². The zero-order chi connectivity index (χ0) is 17.4. The van der Waals surface area contributed by atoms with Gasteiger partial charge in [-0.3, -0.25) is 0 Å². The fraction of sp³-hybridized carbons (Fsp3) is 0.524. The Morgan fingerprint density at radius 3 is 2.71 bits per heavy atom. The Morgan fingerprint density at radius 2 is 2.08 bits per heavy atom. The molecular formula is C21H30BrNO. The van der Waals surface area contributed by atoms with E-state index in [0.717, 1.165) is 24.0 Å². The predicted octanol–water partition coefficient (Wildman–Crippen LogP) is 6.08. The topological polar surface area (TPSA) is 12.5 Å². The molecule has 0 fully saturated rings. The van der Waals surface area contributed by atoms with E-state index in [9.17, 15) is 0 Å². The Morgan fingerprint density at radius 1 is 1.25 bits per heavy atom. The van der Waals surface area contributed by atoms with Gasteiger partial charge < -0.3 is 9.64 Å². The van der Waals surface area contributed by atoms with Crippen molar-refractivity contribution in [2.45, 2.75) is 58.1 Å². The first kappa shape index (κ1) is 19.3. The molecule has 0 saturated carbocycles. The fourth-order valence-electron chi connectivity index (χ4n) is 2.98. The zero-order valence-corrected chi connectivity index (χ0v) is 16.8. The van der Waals surface area contributed by atoms with Crippen LogP contribution >= 0.6 is 15.9 Å². The average Bonchev–Trinajstić information content (AvgIpc) is 2.58. The van der Waals surface area contributed by atoms with Crippen molar-refractivity contribution < 1.29 is 4.74 Å². The van der Waals surface area contributed by atoms with Crippen molar-refractivity contribution in [3.05, 3.63) is 58.2 Å². The standard InChI is InChI=1S/C21H30BrNO/c1-4-5-6-7-15-23(17-18-9-8-10-19(22)16-18)20-11-13-21(2,24-3)14-12-20/h8-13,16H,4-7,14-15,17H2,1-3H3. The molecule has 1 aromatic carbocycles. The van der Waals surface area contributed by atoms with Crippen molar-refractivity contribution in [3.8, 4) is 0 Å². The SMILES string of the molecule is CCCCCCN(Cc1cccc(Br)c1)C1=CCC(C)(OC)C=C1. The summed E-state index contributed by atoms with van der Waals surface area (Å²) in [6.07, 6.45) is 12.8. The van der Waals surface area contributed by atoms with Crippen LogP contribution < -0.4 is 0 Å². The first-order valence-corrected chi connectivity index (χ1v) is 9.79. The van der Waals surface area contributed by atoms with Gasteiger partial charge in [0.1, 0.15) is 0 Å². The summed E-state index contributed by atoms with van der Waals surface area (Å²) < 4.78 is 6.74. The number of halogens is 1. The van der Waals surface area contributed by atoms with Crippen molar-refractivity contribution in [2.24, 2.45) is 0 Å². The number of hydrogen-bond acceptors (Lipinski definition) is 2. The summed E-state index contributed by atoms with van der Waals surface area (Å²) in [5.41, 5.74) is 2.50. The molecule has 0 heterocycles. The molecule has 0 aliphatic heterocycles. The van der Waals surface area contributed by atoms with E-state index in [-0.39, 0.29) is 5.60 Å². The average molecular weight is 392 g/mol. The second kappa shape index (κ2) is 9.43. The molecule has 3 heteroatoms. The lowest BCUT2D eigenvalue weighted by Gasteiger charge is -2.32. The van der Waals surface area contributed by atoms with Crippen molar-refractivity contribution >= 4 is 15.9 Å². The van der Waals surface area contributed by atoms with E-state index in [4.69, 9.17) is 4.74 Å². The highest BCUT2D eigenvalue weighted by Crippen LogP contribution is 2.27. The van der Waals surface area contributed by atoms with E-state index in [1.165, 1.54) is 36.9 Å². The van der Waals surface area contributed by atoms with Crippen molar-refractivity contribution in [1.29, 1.82) is 0 Å². The van der Waals surface area contributed by atoms with Gasteiger partial charge in [-0.1, -0.05) is 66.4 Å². The number of ether oxygens (including phenoxy) is 1. The van der Waals surface area contributed by atoms with Crippen LogP contribution in [0.4, 0.5) is 0 Å². The monoisotopic (exact) mass is 391 g/mol. The van der Waals surface area contributed by atoms with Gasteiger partial charge in [0.05, 0.1) is 5.60 Å². The largest absolute Gasteiger partial charge is 0.374 e. The van der Waals surface area contributed by atoms with Crippen molar-refractivity contribution in [2.75, 3.05) is 13.7 Å². The highest BCUT2D eigenvalue weighted by Gasteiger charge is 2.23. The van der Waals surface area contributed by atoms with Gasteiger partial charge in [-0.25, -0.2) is 0 Å². The Balaban J connectivity index is 2.07. The fourth-order valence-corrected chi connectivity index (χ4v) is 3.42. The van der Waals surface area contributed by atoms with E-state index >= 15 is 0 Å². The van der Waals surface area contributed by atoms with Crippen molar-refractivity contribution in [3.63, 3.8) is 0 Å². The number of allylic oxidation sites excluding steroid dienone is 1. The first-order valence-electron chi connectivity index (χ1n) is 9.00. The molecule has 0 amide bonds. The second-order valence-electron chi connectivity index (χ2n) is 6.80. The molecule has 1 aliphatic carbocycles. The molecule has 0 radical (unpaired) electrons.